The van der Waals surface area contributed by atoms with Gasteiger partial charge in [0.1, 0.15) is 5.75 Å². The molecule has 1 aromatic rings. The van der Waals surface area contributed by atoms with E-state index in [1.54, 1.807) is 0 Å². The third kappa shape index (κ3) is 14.7. The molecule has 1 heterocycles. The quantitative estimate of drug-likeness (QED) is 0.512. The fourth-order valence-corrected chi connectivity index (χ4v) is 2.28. The summed E-state index contributed by atoms with van der Waals surface area (Å²) in [4.78, 5) is 20.8. The first-order valence-electron chi connectivity index (χ1n) is 9.37. The standard InChI is InChI=1S/C15H23NO.C3H8O.C2H2O4/c1-14-8-11-16(12-9-14)10-5-13-17-15-6-3-2-4-7-15;1-2-3-4;3-1(4)2(5)6/h2-4,6-7,14H,5,8-13H2,1H3;4H,2-3H2,1H3;(H,3,4)(H,5,6). The van der Waals surface area contributed by atoms with Crippen molar-refractivity contribution in [1.29, 1.82) is 0 Å². The van der Waals surface area contributed by atoms with Crippen LogP contribution in [0.5, 0.6) is 5.75 Å². The summed E-state index contributed by atoms with van der Waals surface area (Å²) in [6.45, 7) is 9.16. The number of para-hydroxylation sites is 1. The van der Waals surface area contributed by atoms with Crippen molar-refractivity contribution in [2.75, 3.05) is 32.8 Å². The third-order valence-electron chi connectivity index (χ3n) is 3.91. The Bertz CT molecular complexity index is 486. The third-order valence-corrected chi connectivity index (χ3v) is 3.91. The highest BCUT2D eigenvalue weighted by Gasteiger charge is 2.14. The zero-order valence-corrected chi connectivity index (χ0v) is 16.3. The zero-order valence-electron chi connectivity index (χ0n) is 16.3. The summed E-state index contributed by atoms with van der Waals surface area (Å²) < 4.78 is 5.69. The number of aliphatic hydroxyl groups is 1. The van der Waals surface area contributed by atoms with Crippen LogP contribution >= 0.6 is 0 Å². The number of ether oxygens (including phenoxy) is 1. The molecule has 1 aliphatic heterocycles. The number of nitrogens with zero attached hydrogens (tertiary/aromatic N) is 1. The smallest absolute Gasteiger partial charge is 0.414 e. The highest BCUT2D eigenvalue weighted by molar-refractivity contribution is 6.27. The van der Waals surface area contributed by atoms with E-state index in [-0.39, 0.29) is 0 Å². The van der Waals surface area contributed by atoms with Gasteiger partial charge in [0.15, 0.2) is 0 Å². The van der Waals surface area contributed by atoms with E-state index in [1.165, 1.54) is 32.5 Å². The predicted molar refractivity (Wildman–Crippen MR) is 104 cm³/mol. The van der Waals surface area contributed by atoms with Gasteiger partial charge < -0.3 is 25.0 Å². The number of carboxylic acids is 2. The molecule has 0 radical (unpaired) electrons. The number of hydrogen-bond donors (Lipinski definition) is 3. The summed E-state index contributed by atoms with van der Waals surface area (Å²) in [6, 6.07) is 10.1. The van der Waals surface area contributed by atoms with E-state index in [0.29, 0.717) is 6.61 Å². The maximum Gasteiger partial charge on any atom is 0.414 e. The molecule has 3 N–H and O–H groups in total. The number of rotatable bonds is 6. The van der Waals surface area contributed by atoms with Crippen molar-refractivity contribution < 1.29 is 29.6 Å². The first-order valence-corrected chi connectivity index (χ1v) is 9.37. The maximum absolute atomic E-state index is 9.10. The van der Waals surface area contributed by atoms with Crippen LogP contribution in [-0.4, -0.2) is 65.0 Å². The second kappa shape index (κ2) is 16.1. The average molecular weight is 383 g/mol. The molecule has 0 atom stereocenters. The Morgan fingerprint density at radius 3 is 2.07 bits per heavy atom. The molecule has 7 nitrogen and oxygen atoms in total. The average Bonchev–Trinajstić information content (AvgIpc) is 2.68. The van der Waals surface area contributed by atoms with Gasteiger partial charge in [-0.3, -0.25) is 0 Å². The molecule has 0 amide bonds. The van der Waals surface area contributed by atoms with Crippen molar-refractivity contribution in [3.63, 3.8) is 0 Å². The molecule has 0 spiro atoms. The summed E-state index contributed by atoms with van der Waals surface area (Å²) in [6.07, 6.45) is 4.72. The van der Waals surface area contributed by atoms with Crippen LogP contribution < -0.4 is 4.74 Å². The van der Waals surface area contributed by atoms with E-state index in [4.69, 9.17) is 29.6 Å². The number of carbonyl (C=O) groups is 2. The van der Waals surface area contributed by atoms with Gasteiger partial charge in [0, 0.05) is 13.2 Å². The van der Waals surface area contributed by atoms with Crippen LogP contribution in [0, 0.1) is 5.92 Å². The van der Waals surface area contributed by atoms with Crippen LogP contribution in [0.15, 0.2) is 30.3 Å². The second-order valence-electron chi connectivity index (χ2n) is 6.37. The van der Waals surface area contributed by atoms with Crippen LogP contribution in [0.4, 0.5) is 0 Å². The molecule has 1 aliphatic rings. The van der Waals surface area contributed by atoms with Crippen molar-refractivity contribution in [2.24, 2.45) is 5.92 Å². The SMILES string of the molecule is CC1CCN(CCCOc2ccccc2)CC1.CCCO.O=C(O)C(=O)O. The first kappa shape index (κ1) is 24.9. The minimum absolute atomic E-state index is 0.319. The van der Waals surface area contributed by atoms with Gasteiger partial charge in [-0.2, -0.15) is 0 Å². The Balaban J connectivity index is 0.000000564. The molecule has 0 unspecified atom stereocenters. The zero-order chi connectivity index (χ0) is 20.5. The van der Waals surface area contributed by atoms with Crippen LogP contribution in [0.1, 0.15) is 39.5 Å². The van der Waals surface area contributed by atoms with Crippen molar-refractivity contribution in [3.05, 3.63) is 30.3 Å². The molecule has 27 heavy (non-hydrogen) atoms. The molecule has 0 aliphatic carbocycles. The van der Waals surface area contributed by atoms with Crippen molar-refractivity contribution in [2.45, 2.75) is 39.5 Å². The van der Waals surface area contributed by atoms with Crippen LogP contribution in [-0.2, 0) is 9.59 Å². The number of aliphatic carboxylic acids is 2. The largest absolute Gasteiger partial charge is 0.494 e. The molecule has 154 valence electrons. The Morgan fingerprint density at radius 2 is 1.63 bits per heavy atom. The highest BCUT2D eigenvalue weighted by atomic mass is 16.5. The van der Waals surface area contributed by atoms with Gasteiger partial charge in [-0.1, -0.05) is 32.0 Å². The molecule has 0 aromatic heterocycles. The topological polar surface area (TPSA) is 107 Å². The van der Waals surface area contributed by atoms with E-state index in [9.17, 15) is 0 Å². The van der Waals surface area contributed by atoms with E-state index in [2.05, 4.69) is 11.8 Å². The minimum Gasteiger partial charge on any atom is -0.494 e. The summed E-state index contributed by atoms with van der Waals surface area (Å²) in [5.41, 5.74) is 0. The lowest BCUT2D eigenvalue weighted by atomic mass is 9.99. The molecule has 1 saturated heterocycles. The molecule has 1 fully saturated rings. The van der Waals surface area contributed by atoms with Gasteiger partial charge in [0.2, 0.25) is 0 Å². The Morgan fingerprint density at radius 1 is 1.11 bits per heavy atom. The van der Waals surface area contributed by atoms with Gasteiger partial charge in [0.25, 0.3) is 0 Å². The molecular formula is C20H33NO6. The number of benzene rings is 1. The summed E-state index contributed by atoms with van der Waals surface area (Å²) in [5.74, 6) is -1.74. The van der Waals surface area contributed by atoms with Crippen LogP contribution in [0.2, 0.25) is 0 Å². The van der Waals surface area contributed by atoms with Crippen molar-refractivity contribution in [1.82, 2.24) is 4.90 Å². The summed E-state index contributed by atoms with van der Waals surface area (Å²) in [7, 11) is 0. The predicted octanol–water partition coefficient (Wildman–Crippen LogP) is 2.73. The normalized spacial score (nSPS) is 14.2. The lowest BCUT2D eigenvalue weighted by Gasteiger charge is -2.30. The van der Waals surface area contributed by atoms with Gasteiger partial charge >= 0.3 is 11.9 Å². The maximum atomic E-state index is 9.10. The highest BCUT2D eigenvalue weighted by Crippen LogP contribution is 2.16. The van der Waals surface area contributed by atoms with E-state index in [0.717, 1.165) is 31.1 Å². The van der Waals surface area contributed by atoms with Crippen molar-refractivity contribution >= 4 is 11.9 Å². The van der Waals surface area contributed by atoms with E-state index in [1.807, 2.05) is 37.3 Å². The number of aliphatic hydroxyl groups excluding tert-OH is 1. The lowest BCUT2D eigenvalue weighted by Crippen LogP contribution is -2.34. The van der Waals surface area contributed by atoms with E-state index >= 15 is 0 Å². The molecule has 0 bridgehead atoms. The Hall–Kier alpha value is -2.12. The Kier molecular flexibility index (Phi) is 14.8. The number of likely N-dealkylation sites (tertiary alicyclic amines) is 1. The monoisotopic (exact) mass is 383 g/mol. The molecule has 7 heteroatoms. The summed E-state index contributed by atoms with van der Waals surface area (Å²) >= 11 is 0. The van der Waals surface area contributed by atoms with E-state index < -0.39 is 11.9 Å². The van der Waals surface area contributed by atoms with Gasteiger partial charge in [0.05, 0.1) is 6.61 Å². The van der Waals surface area contributed by atoms with Crippen LogP contribution in [0.25, 0.3) is 0 Å². The molecular weight excluding hydrogens is 350 g/mol. The molecule has 2 rings (SSSR count). The van der Waals surface area contributed by atoms with Crippen LogP contribution in [0.3, 0.4) is 0 Å². The molecule has 1 aromatic carbocycles. The molecule has 0 saturated carbocycles. The number of hydrogen-bond acceptors (Lipinski definition) is 5. The lowest BCUT2D eigenvalue weighted by molar-refractivity contribution is -0.159. The second-order valence-corrected chi connectivity index (χ2v) is 6.37. The number of piperidine rings is 1. The Labute approximate surface area is 161 Å². The number of carboxylic acid groups (broad SMARTS) is 2. The first-order chi connectivity index (χ1) is 12.9. The van der Waals surface area contributed by atoms with Gasteiger partial charge in [-0.15, -0.1) is 0 Å². The van der Waals surface area contributed by atoms with Gasteiger partial charge in [-0.05, 0) is 56.8 Å². The van der Waals surface area contributed by atoms with Crippen molar-refractivity contribution in [3.8, 4) is 5.75 Å². The van der Waals surface area contributed by atoms with Gasteiger partial charge in [-0.25, -0.2) is 9.59 Å². The summed E-state index contributed by atoms with van der Waals surface area (Å²) in [5, 5.41) is 22.7. The fourth-order valence-electron chi connectivity index (χ4n) is 2.28. The fraction of sp³-hybridized carbons (Fsp3) is 0.600. The minimum atomic E-state index is -1.82.